The summed E-state index contributed by atoms with van der Waals surface area (Å²) in [4.78, 5) is 11.7. The van der Waals surface area contributed by atoms with Crippen LogP contribution in [0.4, 0.5) is 10.1 Å². The summed E-state index contributed by atoms with van der Waals surface area (Å²) in [5.74, 6) is 1.23. The molecule has 1 aromatic rings. The van der Waals surface area contributed by atoms with Gasteiger partial charge in [-0.1, -0.05) is 6.07 Å². The first-order valence-corrected chi connectivity index (χ1v) is 6.57. The van der Waals surface area contributed by atoms with Gasteiger partial charge < -0.3 is 15.4 Å². The Morgan fingerprint density at radius 1 is 1.40 bits per heavy atom. The van der Waals surface area contributed by atoms with Crippen LogP contribution in [0.5, 0.6) is 5.75 Å². The Labute approximate surface area is 124 Å². The molecule has 0 heterocycles. The number of ether oxygens (including phenoxy) is 1. The van der Waals surface area contributed by atoms with E-state index in [-0.39, 0.29) is 24.9 Å². The first-order chi connectivity index (χ1) is 9.28. The quantitative estimate of drug-likeness (QED) is 0.775. The Balaban J connectivity index is 0.00000200. The van der Waals surface area contributed by atoms with Crippen LogP contribution in [0, 0.1) is 5.92 Å². The molecule has 0 saturated heterocycles. The molecule has 0 aromatic heterocycles. The van der Waals surface area contributed by atoms with Gasteiger partial charge in [-0.3, -0.25) is 4.79 Å². The van der Waals surface area contributed by atoms with E-state index in [9.17, 15) is 9.18 Å². The van der Waals surface area contributed by atoms with Gasteiger partial charge in [0, 0.05) is 11.8 Å². The van der Waals surface area contributed by atoms with E-state index < -0.39 is 6.67 Å². The molecule has 1 amide bonds. The van der Waals surface area contributed by atoms with E-state index >= 15 is 0 Å². The van der Waals surface area contributed by atoms with Gasteiger partial charge in [0.05, 0.1) is 6.54 Å². The zero-order valence-electron chi connectivity index (χ0n) is 11.2. The second-order valence-corrected chi connectivity index (χ2v) is 4.69. The zero-order chi connectivity index (χ0) is 13.5. The molecule has 20 heavy (non-hydrogen) atoms. The topological polar surface area (TPSA) is 50.4 Å². The van der Waals surface area contributed by atoms with Gasteiger partial charge in [0.2, 0.25) is 5.91 Å². The molecule has 2 N–H and O–H groups in total. The largest absolute Gasteiger partial charge is 0.491 e. The molecule has 0 atom stereocenters. The van der Waals surface area contributed by atoms with Gasteiger partial charge in [0.25, 0.3) is 0 Å². The van der Waals surface area contributed by atoms with E-state index in [0.717, 1.165) is 12.5 Å². The molecule has 0 aliphatic heterocycles. The number of rotatable bonds is 8. The Morgan fingerprint density at radius 2 is 2.20 bits per heavy atom. The molecule has 0 unspecified atom stereocenters. The monoisotopic (exact) mass is 302 g/mol. The molecule has 1 aromatic carbocycles. The number of nitrogens with one attached hydrogen (secondary N) is 2. The molecular formula is C14H20ClFN2O2. The van der Waals surface area contributed by atoms with Gasteiger partial charge in [-0.05, 0) is 37.4 Å². The Bertz CT molecular complexity index is 427. The van der Waals surface area contributed by atoms with E-state index in [0.29, 0.717) is 18.0 Å². The average Bonchev–Trinajstić information content (AvgIpc) is 3.21. The van der Waals surface area contributed by atoms with Gasteiger partial charge in [-0.2, -0.15) is 0 Å². The summed E-state index contributed by atoms with van der Waals surface area (Å²) < 4.78 is 17.2. The molecular weight excluding hydrogens is 283 g/mol. The summed E-state index contributed by atoms with van der Waals surface area (Å²) in [6.45, 7) is 0.723. The first kappa shape index (κ1) is 16.7. The lowest BCUT2D eigenvalue weighted by Crippen LogP contribution is -2.29. The van der Waals surface area contributed by atoms with Crippen molar-refractivity contribution in [2.75, 3.05) is 31.7 Å². The van der Waals surface area contributed by atoms with Gasteiger partial charge >= 0.3 is 0 Å². The van der Waals surface area contributed by atoms with E-state index in [1.54, 1.807) is 24.3 Å². The smallest absolute Gasteiger partial charge is 0.238 e. The fourth-order valence-electron chi connectivity index (χ4n) is 1.74. The molecule has 1 aliphatic rings. The molecule has 1 aliphatic carbocycles. The molecule has 1 saturated carbocycles. The van der Waals surface area contributed by atoms with Crippen molar-refractivity contribution in [3.05, 3.63) is 24.3 Å². The Kier molecular flexibility index (Phi) is 7.33. The molecule has 1 fully saturated rings. The van der Waals surface area contributed by atoms with Crippen molar-refractivity contribution < 1.29 is 13.9 Å². The van der Waals surface area contributed by atoms with Gasteiger partial charge in [-0.25, -0.2) is 4.39 Å². The van der Waals surface area contributed by atoms with Gasteiger partial charge in [-0.15, -0.1) is 12.4 Å². The summed E-state index contributed by atoms with van der Waals surface area (Å²) >= 11 is 0. The number of halogens is 2. The lowest BCUT2D eigenvalue weighted by atomic mass is 10.3. The van der Waals surface area contributed by atoms with E-state index in [1.165, 1.54) is 12.8 Å². The molecule has 6 heteroatoms. The number of carbonyl (C=O) groups excluding carboxylic acids is 1. The second-order valence-electron chi connectivity index (χ2n) is 4.69. The highest BCUT2D eigenvalue weighted by molar-refractivity contribution is 5.92. The fraction of sp³-hybridized carbons (Fsp3) is 0.500. The predicted octanol–water partition coefficient (Wildman–Crippen LogP) is 2.39. The van der Waals surface area contributed by atoms with Crippen LogP contribution in [0.15, 0.2) is 24.3 Å². The standard InChI is InChI=1S/C14H19FN2O2.ClH/c15-6-7-19-13-3-1-2-12(8-13)17-14(18)10-16-9-11-4-5-11;/h1-3,8,11,16H,4-7,9-10H2,(H,17,18);1H. The van der Waals surface area contributed by atoms with Crippen LogP contribution in [-0.2, 0) is 4.79 Å². The molecule has 0 radical (unpaired) electrons. The first-order valence-electron chi connectivity index (χ1n) is 6.57. The fourth-order valence-corrected chi connectivity index (χ4v) is 1.74. The van der Waals surface area contributed by atoms with E-state index in [4.69, 9.17) is 4.74 Å². The lowest BCUT2D eigenvalue weighted by molar-refractivity contribution is -0.115. The SMILES string of the molecule is Cl.O=C(CNCC1CC1)Nc1cccc(OCCF)c1. The van der Waals surface area contributed by atoms with Crippen LogP contribution in [0.25, 0.3) is 0 Å². The van der Waals surface area contributed by atoms with Crippen LogP contribution < -0.4 is 15.4 Å². The summed E-state index contributed by atoms with van der Waals surface area (Å²) in [7, 11) is 0. The minimum atomic E-state index is -0.526. The number of benzene rings is 1. The van der Waals surface area contributed by atoms with Gasteiger partial charge in [0.1, 0.15) is 19.0 Å². The highest BCUT2D eigenvalue weighted by atomic mass is 35.5. The van der Waals surface area contributed by atoms with E-state index in [1.807, 2.05) is 0 Å². The number of carbonyl (C=O) groups is 1. The summed E-state index contributed by atoms with van der Waals surface area (Å²) in [5, 5.41) is 5.90. The second kappa shape index (κ2) is 8.76. The minimum absolute atomic E-state index is 0. The Morgan fingerprint density at radius 3 is 2.90 bits per heavy atom. The van der Waals surface area contributed by atoms with Crippen molar-refractivity contribution in [1.29, 1.82) is 0 Å². The highest BCUT2D eigenvalue weighted by Gasteiger charge is 2.20. The van der Waals surface area contributed by atoms with Crippen molar-refractivity contribution in [2.24, 2.45) is 5.92 Å². The summed E-state index contributed by atoms with van der Waals surface area (Å²) in [6.07, 6.45) is 2.53. The van der Waals surface area contributed by atoms with Crippen LogP contribution in [0.2, 0.25) is 0 Å². The maximum Gasteiger partial charge on any atom is 0.238 e. The predicted molar refractivity (Wildman–Crippen MR) is 79.4 cm³/mol. The van der Waals surface area contributed by atoms with E-state index in [2.05, 4.69) is 10.6 Å². The number of amides is 1. The average molecular weight is 303 g/mol. The molecule has 112 valence electrons. The van der Waals surface area contributed by atoms with Gasteiger partial charge in [0.15, 0.2) is 0 Å². The number of alkyl halides is 1. The van der Waals surface area contributed by atoms with Crippen molar-refractivity contribution in [2.45, 2.75) is 12.8 Å². The van der Waals surface area contributed by atoms with Crippen molar-refractivity contribution in [1.82, 2.24) is 5.32 Å². The third-order valence-electron chi connectivity index (χ3n) is 2.88. The lowest BCUT2D eigenvalue weighted by Gasteiger charge is -2.08. The molecule has 2 rings (SSSR count). The van der Waals surface area contributed by atoms with Crippen molar-refractivity contribution in [3.63, 3.8) is 0 Å². The molecule has 4 nitrogen and oxygen atoms in total. The summed E-state index contributed by atoms with van der Waals surface area (Å²) in [5.41, 5.74) is 0.662. The Hall–Kier alpha value is -1.33. The third-order valence-corrected chi connectivity index (χ3v) is 2.88. The van der Waals surface area contributed by atoms with Crippen LogP contribution >= 0.6 is 12.4 Å². The van der Waals surface area contributed by atoms with Crippen molar-refractivity contribution in [3.8, 4) is 5.75 Å². The maximum absolute atomic E-state index is 12.0. The zero-order valence-corrected chi connectivity index (χ0v) is 12.0. The summed E-state index contributed by atoms with van der Waals surface area (Å²) in [6, 6.07) is 6.97. The number of hydrogen-bond donors (Lipinski definition) is 2. The normalized spacial score (nSPS) is 13.4. The third kappa shape index (κ3) is 6.21. The van der Waals surface area contributed by atoms with Crippen LogP contribution in [-0.4, -0.2) is 32.3 Å². The molecule has 0 bridgehead atoms. The number of hydrogen-bond acceptors (Lipinski definition) is 3. The highest BCUT2D eigenvalue weighted by Crippen LogP contribution is 2.27. The molecule has 0 spiro atoms. The maximum atomic E-state index is 12.0. The van der Waals surface area contributed by atoms with Crippen molar-refractivity contribution >= 4 is 24.0 Å². The van der Waals surface area contributed by atoms with Crippen LogP contribution in [0.1, 0.15) is 12.8 Å². The number of anilines is 1. The van der Waals surface area contributed by atoms with Crippen LogP contribution in [0.3, 0.4) is 0 Å². The minimum Gasteiger partial charge on any atom is -0.491 e.